The van der Waals surface area contributed by atoms with Gasteiger partial charge in [-0.15, -0.1) is 11.6 Å². The molecule has 7 heteroatoms. The van der Waals surface area contributed by atoms with Gasteiger partial charge in [-0.3, -0.25) is 9.97 Å². The number of pyridine rings is 2. The fourth-order valence-corrected chi connectivity index (χ4v) is 9.60. The van der Waals surface area contributed by atoms with Crippen LogP contribution in [0.2, 0.25) is 17.3 Å². The van der Waals surface area contributed by atoms with E-state index in [-0.39, 0.29) is 20.1 Å². The van der Waals surface area contributed by atoms with E-state index >= 15 is 0 Å². The van der Waals surface area contributed by atoms with Crippen LogP contribution < -0.4 is 4.40 Å². The van der Waals surface area contributed by atoms with Crippen molar-refractivity contribution in [1.82, 2.24) is 19.5 Å². The number of hydrogen-bond donors (Lipinski definition) is 0. The third kappa shape index (κ3) is 8.11. The number of rotatable bonds is 7. The zero-order valence-corrected chi connectivity index (χ0v) is 38.9. The smallest absolute Gasteiger partial charge is 0 e. The van der Waals surface area contributed by atoms with Gasteiger partial charge in [0.15, 0.2) is 0 Å². The predicted molar refractivity (Wildman–Crippen MR) is 240 cm³/mol. The molecule has 0 atom stereocenters. The monoisotopic (exact) mass is 999 g/mol. The van der Waals surface area contributed by atoms with Gasteiger partial charge in [0, 0.05) is 37.0 Å². The van der Waals surface area contributed by atoms with Crippen LogP contribution in [0.25, 0.3) is 72.6 Å². The molecule has 9 rings (SSSR count). The molecule has 0 spiro atoms. The second kappa shape index (κ2) is 17.0. The first-order chi connectivity index (χ1) is 27.5. The molecule has 9 aromatic rings. The first-order valence-corrected chi connectivity index (χ1v) is 27.2. The summed E-state index contributed by atoms with van der Waals surface area (Å²) < 4.78 is 10.4. The van der Waals surface area contributed by atoms with Gasteiger partial charge in [0.25, 0.3) is 0 Å². The van der Waals surface area contributed by atoms with Crippen molar-refractivity contribution in [1.29, 1.82) is 0 Å². The van der Waals surface area contributed by atoms with E-state index in [1.165, 1.54) is 26.8 Å². The third-order valence-electron chi connectivity index (χ3n) is 10.6. The van der Waals surface area contributed by atoms with Crippen LogP contribution in [0, 0.1) is 19.1 Å². The molecule has 5 nitrogen and oxygen atoms in total. The fourth-order valence-electron chi connectivity index (χ4n) is 7.43. The molecule has 0 fully saturated rings. The minimum atomic E-state index is -1.73. The summed E-state index contributed by atoms with van der Waals surface area (Å²) in [6, 6.07) is 48.9. The Kier molecular flexibility index (Phi) is 12.0. The molecule has 1 radical (unpaired) electrons. The molecule has 0 saturated carbocycles. The average molecular weight is 998 g/mol. The molecule has 0 saturated heterocycles. The minimum Gasteiger partial charge on any atom is 0 e. The van der Waals surface area contributed by atoms with Crippen LogP contribution in [0.1, 0.15) is 56.2 Å². The molecular formula is C51H48GeIrN4O-2. The number of aryl methyl sites for hydroxylation is 1. The molecule has 293 valence electrons. The van der Waals surface area contributed by atoms with Crippen molar-refractivity contribution in [2.24, 2.45) is 0 Å². The second-order valence-corrected chi connectivity index (χ2v) is 27.1. The zero-order valence-electron chi connectivity index (χ0n) is 34.4. The summed E-state index contributed by atoms with van der Waals surface area (Å²) in [5, 5.41) is 0.984. The van der Waals surface area contributed by atoms with E-state index in [4.69, 9.17) is 14.4 Å². The van der Waals surface area contributed by atoms with Crippen LogP contribution in [0.5, 0.6) is 0 Å². The number of imidazole rings is 1. The van der Waals surface area contributed by atoms with Crippen LogP contribution >= 0.6 is 0 Å². The Morgan fingerprint density at radius 3 is 2.09 bits per heavy atom. The first kappa shape index (κ1) is 41.0. The summed E-state index contributed by atoms with van der Waals surface area (Å²) >= 11 is -1.73. The standard InChI is InChI=1S/C36H30N3O.C15H18GeN.Ir/c1-22(2)26-13-10-14-27(23(3)4)34(26)39-31-16-9-8-15-30(31)38-36(39)29-19-20-37-33-28-18-17-25(21-32(28)40-35(29)33)24-11-6-5-7-12-24;1-12-5-7-13(8-6-12)15-10-9-14(11-17-15)16(2,3)4;/h5-18,20-23H,1-4H3;5-7,9-11H,1-4H3;/q2*-1;. The molecule has 0 N–H and O–H groups in total. The van der Waals surface area contributed by atoms with Gasteiger partial charge in [-0.2, -0.15) is 0 Å². The van der Waals surface area contributed by atoms with E-state index in [0.29, 0.717) is 17.4 Å². The van der Waals surface area contributed by atoms with Gasteiger partial charge in [0.05, 0.1) is 22.1 Å². The summed E-state index contributed by atoms with van der Waals surface area (Å²) in [4.78, 5) is 14.5. The van der Waals surface area contributed by atoms with E-state index in [1.54, 1.807) is 6.20 Å². The van der Waals surface area contributed by atoms with Gasteiger partial charge in [0.1, 0.15) is 5.58 Å². The number of aromatic nitrogens is 4. The Balaban J connectivity index is 0.000000240. The van der Waals surface area contributed by atoms with Crippen molar-refractivity contribution in [3.63, 3.8) is 0 Å². The predicted octanol–water partition coefficient (Wildman–Crippen LogP) is 13.1. The largest absolute Gasteiger partial charge is 0 e. The van der Waals surface area contributed by atoms with Crippen molar-refractivity contribution in [3.05, 3.63) is 163 Å². The number of benzene rings is 5. The van der Waals surface area contributed by atoms with Crippen LogP contribution in [-0.2, 0) is 20.1 Å². The molecular weight excluding hydrogens is 949 g/mol. The molecule has 4 aromatic heterocycles. The Bertz CT molecular complexity index is 2810. The summed E-state index contributed by atoms with van der Waals surface area (Å²) in [6.45, 7) is 11.1. The first-order valence-electron chi connectivity index (χ1n) is 19.8. The number of para-hydroxylation sites is 3. The van der Waals surface area contributed by atoms with Crippen molar-refractivity contribution in [2.75, 3.05) is 0 Å². The van der Waals surface area contributed by atoms with Crippen LogP contribution in [0.15, 0.2) is 138 Å². The Morgan fingerprint density at radius 1 is 0.707 bits per heavy atom. The summed E-state index contributed by atoms with van der Waals surface area (Å²) in [6.07, 6.45) is 3.79. The fraction of sp³-hybridized carbons (Fsp3) is 0.196. The van der Waals surface area contributed by atoms with Crippen molar-refractivity contribution in [2.45, 2.75) is 63.7 Å². The topological polar surface area (TPSA) is 56.7 Å². The van der Waals surface area contributed by atoms with Crippen molar-refractivity contribution >= 4 is 50.8 Å². The molecule has 0 aliphatic rings. The van der Waals surface area contributed by atoms with Gasteiger partial charge in [-0.25, -0.2) is 0 Å². The SMILES string of the molecule is CC(C)c1cccc(C(C)C)c1-n1c(-c2[c-]cnc3c2oc2cc(-c4ccccc4)ccc23)nc2ccccc21.Cc1c[c-]c(-c2cc[c]([Ge]([CH3])([CH3])[CH3])cn2)cc1.[Ir]. The van der Waals surface area contributed by atoms with Crippen LogP contribution in [0.3, 0.4) is 0 Å². The maximum atomic E-state index is 6.60. The molecule has 0 bridgehead atoms. The molecule has 0 aliphatic carbocycles. The van der Waals surface area contributed by atoms with E-state index in [9.17, 15) is 0 Å². The molecule has 0 amide bonds. The van der Waals surface area contributed by atoms with Crippen molar-refractivity contribution < 1.29 is 24.5 Å². The van der Waals surface area contributed by atoms with E-state index in [2.05, 4.69) is 177 Å². The Morgan fingerprint density at radius 2 is 1.43 bits per heavy atom. The van der Waals surface area contributed by atoms with Gasteiger partial charge >= 0.3 is 106 Å². The molecule has 0 aliphatic heterocycles. The van der Waals surface area contributed by atoms with Crippen LogP contribution in [0.4, 0.5) is 0 Å². The molecule has 0 unspecified atom stereocenters. The maximum Gasteiger partial charge on any atom is 0 e. The quantitative estimate of drug-likeness (QED) is 0.118. The minimum absolute atomic E-state index is 0. The third-order valence-corrected chi connectivity index (χ3v) is 14.9. The van der Waals surface area contributed by atoms with Gasteiger partial charge in [-0.05, 0) is 64.6 Å². The molecule has 5 aromatic carbocycles. The van der Waals surface area contributed by atoms with Crippen LogP contribution in [-0.4, -0.2) is 32.8 Å². The summed E-state index contributed by atoms with van der Waals surface area (Å²) in [7, 11) is 0. The van der Waals surface area contributed by atoms with E-state index in [0.717, 1.165) is 61.3 Å². The van der Waals surface area contributed by atoms with E-state index < -0.39 is 13.3 Å². The summed E-state index contributed by atoms with van der Waals surface area (Å²) in [5.41, 5.74) is 14.5. The number of nitrogens with zero attached hydrogens (tertiary/aromatic N) is 4. The second-order valence-electron chi connectivity index (χ2n) is 16.5. The van der Waals surface area contributed by atoms with Gasteiger partial charge in [0.2, 0.25) is 0 Å². The van der Waals surface area contributed by atoms with Gasteiger partial charge in [-0.1, -0.05) is 94.4 Å². The maximum absolute atomic E-state index is 6.60. The summed E-state index contributed by atoms with van der Waals surface area (Å²) in [5.74, 6) is 8.64. The number of fused-ring (bicyclic) bond motifs is 4. The van der Waals surface area contributed by atoms with E-state index in [1.807, 2.05) is 24.4 Å². The zero-order chi connectivity index (χ0) is 39.8. The van der Waals surface area contributed by atoms with Gasteiger partial charge < -0.3 is 8.98 Å². The average Bonchev–Trinajstić information content (AvgIpc) is 3.79. The molecule has 4 heterocycles. The number of furan rings is 1. The normalized spacial score (nSPS) is 11.6. The number of hydrogen-bond acceptors (Lipinski definition) is 4. The Labute approximate surface area is 358 Å². The van der Waals surface area contributed by atoms with Crippen molar-refractivity contribution in [3.8, 4) is 39.5 Å². The molecule has 58 heavy (non-hydrogen) atoms. The Hall–Kier alpha value is -5.14.